The third kappa shape index (κ3) is 11.6. The van der Waals surface area contributed by atoms with E-state index in [1.165, 1.54) is 7.05 Å². The third-order valence-electron chi connectivity index (χ3n) is 2.75. The molecule has 1 aromatic heterocycles. The smallest absolute Gasteiger partial charge is 0.269 e. The van der Waals surface area contributed by atoms with E-state index in [0.29, 0.717) is 24.5 Å². The van der Waals surface area contributed by atoms with Gasteiger partial charge in [0.25, 0.3) is 5.91 Å². The summed E-state index contributed by atoms with van der Waals surface area (Å²) in [6.07, 6.45) is 3.62. The molecule has 140 valence electrons. The van der Waals surface area contributed by atoms with Gasteiger partial charge in [-0.15, -0.1) is 0 Å². The lowest BCUT2D eigenvalue weighted by atomic mass is 10.1. The Kier molecular flexibility index (Phi) is 16.2. The maximum atomic E-state index is 11.8. The first kappa shape index (κ1) is 24.4. The molecule has 0 aliphatic rings. The highest BCUT2D eigenvalue weighted by Crippen LogP contribution is 2.08. The van der Waals surface area contributed by atoms with E-state index in [2.05, 4.69) is 33.5 Å². The summed E-state index contributed by atoms with van der Waals surface area (Å²) >= 11 is 0. The van der Waals surface area contributed by atoms with E-state index in [4.69, 9.17) is 0 Å². The number of hydrogen-bond acceptors (Lipinski definition) is 4. The van der Waals surface area contributed by atoms with Crippen LogP contribution in [0.4, 0.5) is 5.82 Å². The lowest BCUT2D eigenvalue weighted by Crippen LogP contribution is -2.24. The Bertz CT molecular complexity index is 444. The molecule has 0 unspecified atom stereocenters. The number of nitrogens with zero attached hydrogens (tertiary/aromatic N) is 1. The summed E-state index contributed by atoms with van der Waals surface area (Å²) in [5.41, 5.74) is 4.86. The summed E-state index contributed by atoms with van der Waals surface area (Å²) in [6, 6.07) is 1.55. The summed E-state index contributed by atoms with van der Waals surface area (Å²) in [6.45, 7) is 10.7. The van der Waals surface area contributed by atoms with Crippen LogP contribution in [0.2, 0.25) is 0 Å². The zero-order valence-corrected chi connectivity index (χ0v) is 16.0. The molecule has 0 aliphatic heterocycles. The second-order valence-corrected chi connectivity index (χ2v) is 5.28. The number of H-pyrrole nitrogens is 1. The zero-order valence-electron chi connectivity index (χ0n) is 16.0. The highest BCUT2D eigenvalue weighted by Gasteiger charge is 2.11. The van der Waals surface area contributed by atoms with Gasteiger partial charge in [-0.2, -0.15) is 5.10 Å². The van der Waals surface area contributed by atoms with Gasteiger partial charge in [0.05, 0.1) is 0 Å². The van der Waals surface area contributed by atoms with E-state index in [0.717, 1.165) is 19.3 Å². The van der Waals surface area contributed by atoms with Gasteiger partial charge >= 0.3 is 0 Å². The number of unbranched alkanes of at least 4 members (excludes halogenated alkanes) is 2. The number of amides is 2. The molecule has 24 heavy (non-hydrogen) atoms. The number of rotatable bonds is 8. The first-order chi connectivity index (χ1) is 11.5. The first-order valence-corrected chi connectivity index (χ1v) is 8.74. The van der Waals surface area contributed by atoms with Gasteiger partial charge in [0, 0.05) is 19.0 Å². The van der Waals surface area contributed by atoms with Gasteiger partial charge in [0.15, 0.2) is 5.82 Å². The van der Waals surface area contributed by atoms with E-state index in [-0.39, 0.29) is 17.7 Å². The molecule has 0 radical (unpaired) electrons. The lowest BCUT2D eigenvalue weighted by Gasteiger charge is -2.03. The third-order valence-corrected chi connectivity index (χ3v) is 2.75. The molecule has 1 aromatic rings. The summed E-state index contributed by atoms with van der Waals surface area (Å²) in [5.74, 6) is 0.379. The van der Waals surface area contributed by atoms with Crippen LogP contribution in [-0.4, -0.2) is 35.6 Å². The maximum Gasteiger partial charge on any atom is 0.269 e. The molecule has 0 saturated carbocycles. The molecule has 0 atom stereocenters. The minimum absolute atomic E-state index is 0.0959. The highest BCUT2D eigenvalue weighted by atomic mass is 16.2. The molecule has 0 spiro atoms. The van der Waals surface area contributed by atoms with Crippen LogP contribution in [0.15, 0.2) is 6.07 Å². The Morgan fingerprint density at radius 1 is 1.25 bits per heavy atom. The van der Waals surface area contributed by atoms with E-state index in [1.807, 2.05) is 27.7 Å². The molecule has 0 saturated heterocycles. The number of anilines is 1. The van der Waals surface area contributed by atoms with Gasteiger partial charge in [0.1, 0.15) is 5.69 Å². The van der Waals surface area contributed by atoms with E-state index in [1.54, 1.807) is 6.07 Å². The summed E-state index contributed by atoms with van der Waals surface area (Å²) in [5, 5.41) is 12.0. The van der Waals surface area contributed by atoms with Crippen LogP contribution in [0.1, 0.15) is 70.8 Å². The monoisotopic (exact) mass is 341 g/mol. The predicted octanol–water partition coefficient (Wildman–Crippen LogP) is 2.92. The number of carbonyl (C=O) groups excluding carboxylic acids is 2. The van der Waals surface area contributed by atoms with Gasteiger partial charge in [0.2, 0.25) is 5.91 Å². The van der Waals surface area contributed by atoms with E-state index in [9.17, 15) is 9.59 Å². The van der Waals surface area contributed by atoms with Crippen LogP contribution < -0.4 is 16.4 Å². The van der Waals surface area contributed by atoms with Crippen molar-refractivity contribution in [2.75, 3.05) is 18.9 Å². The van der Waals surface area contributed by atoms with Gasteiger partial charge < -0.3 is 16.4 Å². The largest absolute Gasteiger partial charge is 0.351 e. The fraction of sp³-hybridized carbons (Fsp3) is 0.706. The van der Waals surface area contributed by atoms with E-state index >= 15 is 0 Å². The molecular weight excluding hydrogens is 306 g/mol. The van der Waals surface area contributed by atoms with E-state index < -0.39 is 0 Å². The molecule has 2 amide bonds. The first-order valence-electron chi connectivity index (χ1n) is 8.74. The van der Waals surface area contributed by atoms with Crippen molar-refractivity contribution in [3.63, 3.8) is 0 Å². The average molecular weight is 342 g/mol. The Labute approximate surface area is 146 Å². The molecule has 1 heterocycles. The highest BCUT2D eigenvalue weighted by molar-refractivity contribution is 5.95. The predicted molar refractivity (Wildman–Crippen MR) is 100.0 cm³/mol. The molecule has 7 heteroatoms. The van der Waals surface area contributed by atoms with Gasteiger partial charge in [-0.25, -0.2) is 0 Å². The Hall–Kier alpha value is -1.89. The quantitative estimate of drug-likeness (QED) is 0.544. The van der Waals surface area contributed by atoms with Crippen LogP contribution in [0.25, 0.3) is 0 Å². The fourth-order valence-corrected chi connectivity index (χ4v) is 1.74. The molecule has 0 bridgehead atoms. The lowest BCUT2D eigenvalue weighted by molar-refractivity contribution is -0.116. The van der Waals surface area contributed by atoms with Crippen LogP contribution >= 0.6 is 0 Å². The Morgan fingerprint density at radius 2 is 1.88 bits per heavy atom. The Balaban J connectivity index is 0. The maximum absolute atomic E-state index is 11.8. The van der Waals surface area contributed by atoms with Crippen molar-refractivity contribution in [3.05, 3.63) is 11.8 Å². The minimum atomic E-state index is -0.196. The molecule has 0 aromatic carbocycles. The second kappa shape index (κ2) is 16.0. The number of hydrogen-bond donors (Lipinski definition) is 4. The second-order valence-electron chi connectivity index (χ2n) is 5.28. The Morgan fingerprint density at radius 3 is 2.42 bits per heavy atom. The zero-order chi connectivity index (χ0) is 19.0. The van der Waals surface area contributed by atoms with Crippen LogP contribution in [-0.2, 0) is 4.79 Å². The van der Waals surface area contributed by atoms with Crippen molar-refractivity contribution in [2.45, 2.75) is 60.3 Å². The van der Waals surface area contributed by atoms with Crippen LogP contribution in [0, 0.1) is 5.92 Å². The topological polar surface area (TPSA) is 113 Å². The number of nitrogens with one attached hydrogen (secondary N) is 3. The molecule has 7 nitrogen and oxygen atoms in total. The molecule has 0 fully saturated rings. The number of carbonyl (C=O) groups is 2. The fourth-order valence-electron chi connectivity index (χ4n) is 1.74. The molecule has 0 aliphatic carbocycles. The van der Waals surface area contributed by atoms with Crippen molar-refractivity contribution in [1.82, 2.24) is 15.5 Å². The van der Waals surface area contributed by atoms with Gasteiger partial charge in [-0.3, -0.25) is 14.7 Å². The van der Waals surface area contributed by atoms with Crippen molar-refractivity contribution in [3.8, 4) is 0 Å². The number of nitrogens with two attached hydrogens (primary N) is 1. The number of aromatic amines is 1. The average Bonchev–Trinajstić information content (AvgIpc) is 3.03. The molecule has 1 rings (SSSR count). The van der Waals surface area contributed by atoms with Gasteiger partial charge in [-0.1, -0.05) is 47.5 Å². The summed E-state index contributed by atoms with van der Waals surface area (Å²) in [7, 11) is 1.50. The van der Waals surface area contributed by atoms with Crippen LogP contribution in [0.3, 0.4) is 0 Å². The molecular formula is C17H35N5O2. The minimum Gasteiger partial charge on any atom is -0.351 e. The van der Waals surface area contributed by atoms with Crippen LogP contribution in [0.5, 0.6) is 0 Å². The molecule has 5 N–H and O–H groups in total. The van der Waals surface area contributed by atoms with Crippen molar-refractivity contribution < 1.29 is 9.59 Å². The normalized spacial score (nSPS) is 9.33. The summed E-state index contributed by atoms with van der Waals surface area (Å²) in [4.78, 5) is 23.4. The standard InChI is InChI=1S/C14H24N4O2.C2H6.CH5N/c1-4-5-6-7-15-14(20)11-9-12(18-17-11)16-13(19)8-10(2)3;2*1-2/h9-10H,4-8H2,1-3H3,(H,15,20)(H2,16,17,18,19);1-2H3;2H2,1H3. The van der Waals surface area contributed by atoms with Crippen molar-refractivity contribution in [1.29, 1.82) is 0 Å². The van der Waals surface area contributed by atoms with Crippen molar-refractivity contribution >= 4 is 17.6 Å². The van der Waals surface area contributed by atoms with Crippen molar-refractivity contribution in [2.24, 2.45) is 11.7 Å². The SMILES string of the molecule is CC.CCCCCNC(=O)c1cc(NC(=O)CC(C)C)n[nH]1.CN. The van der Waals surface area contributed by atoms with Gasteiger partial charge in [-0.05, 0) is 19.4 Å². The number of aromatic nitrogens is 2. The summed E-state index contributed by atoms with van der Waals surface area (Å²) < 4.78 is 0.